The van der Waals surface area contributed by atoms with E-state index in [0.717, 1.165) is 11.1 Å². The van der Waals surface area contributed by atoms with Gasteiger partial charge in [-0.2, -0.15) is 0 Å². The Balaban J connectivity index is 1.46. The molecule has 0 unspecified atom stereocenters. The SMILES string of the molecule is Cc1cn2cc(-c3ccc(N4C(=O)CC(=O)N4C)cc3)cc2c(C(=O)Nc2cccc(C(N)=O)c2)n1. The molecule has 2 aromatic heterocycles. The fraction of sp³-hybridized carbons (Fsp3) is 0.115. The Morgan fingerprint density at radius 3 is 2.39 bits per heavy atom. The summed E-state index contributed by atoms with van der Waals surface area (Å²) in [5.41, 5.74) is 9.83. The van der Waals surface area contributed by atoms with E-state index in [-0.39, 0.29) is 29.5 Å². The van der Waals surface area contributed by atoms with Gasteiger partial charge in [-0.1, -0.05) is 18.2 Å². The van der Waals surface area contributed by atoms with Crippen LogP contribution in [0.5, 0.6) is 0 Å². The Kier molecular flexibility index (Phi) is 5.48. The lowest BCUT2D eigenvalue weighted by Gasteiger charge is -2.23. The second-order valence-corrected chi connectivity index (χ2v) is 8.50. The van der Waals surface area contributed by atoms with Crippen LogP contribution < -0.4 is 16.1 Å². The highest BCUT2D eigenvalue weighted by molar-refractivity contribution is 6.12. The number of hydrogen-bond acceptors (Lipinski definition) is 5. The molecule has 0 radical (unpaired) electrons. The van der Waals surface area contributed by atoms with Gasteiger partial charge in [0.1, 0.15) is 6.42 Å². The molecular weight excluding hydrogens is 460 g/mol. The van der Waals surface area contributed by atoms with Gasteiger partial charge >= 0.3 is 0 Å². The first kappa shape index (κ1) is 22.8. The highest BCUT2D eigenvalue weighted by atomic mass is 16.2. The largest absolute Gasteiger partial charge is 0.366 e. The first-order valence-electron chi connectivity index (χ1n) is 11.1. The highest BCUT2D eigenvalue weighted by Crippen LogP contribution is 2.29. The van der Waals surface area contributed by atoms with Crippen molar-refractivity contribution in [2.75, 3.05) is 17.4 Å². The van der Waals surface area contributed by atoms with Crippen molar-refractivity contribution in [2.45, 2.75) is 13.3 Å². The van der Waals surface area contributed by atoms with Crippen LogP contribution in [0, 0.1) is 6.92 Å². The maximum atomic E-state index is 13.1. The number of hydrazine groups is 1. The van der Waals surface area contributed by atoms with Crippen LogP contribution in [0.25, 0.3) is 16.6 Å². The molecular formula is C26H22N6O4. The molecule has 0 spiro atoms. The van der Waals surface area contributed by atoms with Gasteiger partial charge in [0, 0.05) is 36.3 Å². The van der Waals surface area contributed by atoms with Crippen molar-refractivity contribution in [3.8, 4) is 11.1 Å². The number of rotatable bonds is 5. The number of aryl methyl sites for hydroxylation is 1. The third-order valence-corrected chi connectivity index (χ3v) is 5.97. The molecule has 0 aliphatic carbocycles. The number of nitrogens with zero attached hydrogens (tertiary/aromatic N) is 4. The van der Waals surface area contributed by atoms with E-state index in [0.29, 0.717) is 22.6 Å². The first-order chi connectivity index (χ1) is 17.2. The van der Waals surface area contributed by atoms with Crippen molar-refractivity contribution in [2.24, 2.45) is 5.73 Å². The monoisotopic (exact) mass is 482 g/mol. The number of anilines is 2. The molecule has 1 aliphatic rings. The third-order valence-electron chi connectivity index (χ3n) is 5.97. The summed E-state index contributed by atoms with van der Waals surface area (Å²) >= 11 is 0. The van der Waals surface area contributed by atoms with Crippen molar-refractivity contribution in [3.63, 3.8) is 0 Å². The molecule has 10 nitrogen and oxygen atoms in total. The molecule has 180 valence electrons. The molecule has 4 amide bonds. The van der Waals surface area contributed by atoms with Crippen LogP contribution >= 0.6 is 0 Å². The van der Waals surface area contributed by atoms with Gasteiger partial charge in [-0.3, -0.25) is 19.2 Å². The van der Waals surface area contributed by atoms with Gasteiger partial charge in [0.05, 0.1) is 16.9 Å². The molecule has 1 aliphatic heterocycles. The number of carbonyl (C=O) groups is 4. The molecule has 2 aromatic carbocycles. The second kappa shape index (κ2) is 8.66. The molecule has 4 aromatic rings. The summed E-state index contributed by atoms with van der Waals surface area (Å²) in [4.78, 5) is 53.0. The summed E-state index contributed by atoms with van der Waals surface area (Å²) in [6.45, 7) is 1.79. The van der Waals surface area contributed by atoms with Gasteiger partial charge in [0.25, 0.3) is 17.7 Å². The van der Waals surface area contributed by atoms with Gasteiger partial charge in [-0.25, -0.2) is 15.0 Å². The Morgan fingerprint density at radius 2 is 1.72 bits per heavy atom. The molecule has 3 heterocycles. The highest BCUT2D eigenvalue weighted by Gasteiger charge is 2.34. The second-order valence-electron chi connectivity index (χ2n) is 8.50. The van der Waals surface area contributed by atoms with E-state index < -0.39 is 11.8 Å². The van der Waals surface area contributed by atoms with E-state index >= 15 is 0 Å². The Hall–Kier alpha value is -4.99. The van der Waals surface area contributed by atoms with Crippen molar-refractivity contribution >= 4 is 40.5 Å². The summed E-state index contributed by atoms with van der Waals surface area (Å²) in [6, 6.07) is 15.5. The Bertz CT molecular complexity index is 1560. The zero-order chi connectivity index (χ0) is 25.6. The van der Waals surface area contributed by atoms with E-state index in [4.69, 9.17) is 5.73 Å². The molecule has 0 saturated carbocycles. The number of nitrogens with one attached hydrogen (secondary N) is 1. The van der Waals surface area contributed by atoms with Crippen LogP contribution in [0.4, 0.5) is 11.4 Å². The van der Waals surface area contributed by atoms with Gasteiger partial charge < -0.3 is 15.5 Å². The molecule has 10 heteroatoms. The number of primary amides is 1. The van der Waals surface area contributed by atoms with Crippen LogP contribution in [0.3, 0.4) is 0 Å². The van der Waals surface area contributed by atoms with Crippen molar-refractivity contribution in [1.29, 1.82) is 0 Å². The minimum Gasteiger partial charge on any atom is -0.366 e. The lowest BCUT2D eigenvalue weighted by Crippen LogP contribution is -2.37. The Labute approximate surface area is 205 Å². The number of amides is 4. The summed E-state index contributed by atoms with van der Waals surface area (Å²) < 4.78 is 1.83. The lowest BCUT2D eigenvalue weighted by molar-refractivity contribution is -0.127. The van der Waals surface area contributed by atoms with E-state index in [1.807, 2.05) is 35.0 Å². The normalized spacial score (nSPS) is 13.5. The average Bonchev–Trinajstić information content (AvgIpc) is 3.38. The summed E-state index contributed by atoms with van der Waals surface area (Å²) in [7, 11) is 1.56. The fourth-order valence-electron chi connectivity index (χ4n) is 4.21. The first-order valence-corrected chi connectivity index (χ1v) is 11.1. The molecule has 0 bridgehead atoms. The fourth-order valence-corrected chi connectivity index (χ4v) is 4.21. The van der Waals surface area contributed by atoms with E-state index in [1.54, 1.807) is 44.3 Å². The minimum absolute atomic E-state index is 0.146. The van der Waals surface area contributed by atoms with Crippen molar-refractivity contribution in [1.82, 2.24) is 14.4 Å². The molecule has 36 heavy (non-hydrogen) atoms. The average molecular weight is 483 g/mol. The van der Waals surface area contributed by atoms with Gasteiger partial charge in [0.15, 0.2) is 5.69 Å². The number of carbonyl (C=O) groups excluding carboxylic acids is 4. The van der Waals surface area contributed by atoms with Crippen LogP contribution in [-0.2, 0) is 9.59 Å². The molecule has 1 saturated heterocycles. The van der Waals surface area contributed by atoms with Gasteiger partial charge in [-0.15, -0.1) is 0 Å². The Morgan fingerprint density at radius 1 is 0.972 bits per heavy atom. The number of hydrogen-bond donors (Lipinski definition) is 2. The van der Waals surface area contributed by atoms with E-state index in [1.165, 1.54) is 16.1 Å². The van der Waals surface area contributed by atoms with E-state index in [9.17, 15) is 19.2 Å². The van der Waals surface area contributed by atoms with Crippen molar-refractivity contribution < 1.29 is 19.2 Å². The van der Waals surface area contributed by atoms with Crippen LogP contribution in [0.15, 0.2) is 67.0 Å². The topological polar surface area (TPSA) is 130 Å². The predicted molar refractivity (Wildman–Crippen MR) is 133 cm³/mol. The quantitative estimate of drug-likeness (QED) is 0.423. The third kappa shape index (κ3) is 4.05. The predicted octanol–water partition coefficient (Wildman–Crippen LogP) is 2.77. The molecule has 3 N–H and O–H groups in total. The summed E-state index contributed by atoms with van der Waals surface area (Å²) in [5.74, 6) is -1.54. The maximum absolute atomic E-state index is 13.1. The van der Waals surface area contributed by atoms with Crippen molar-refractivity contribution in [3.05, 3.63) is 83.9 Å². The standard InChI is InChI=1S/C26H22N6O4/c1-15-13-31-14-18(16-6-8-20(9-7-16)32-23(34)12-22(33)30(32)2)11-21(31)24(28-15)26(36)29-19-5-3-4-17(10-19)25(27)35/h3-11,13-14H,12H2,1-2H3,(H2,27,35)(H,29,36). The molecule has 1 fully saturated rings. The zero-order valence-electron chi connectivity index (χ0n) is 19.6. The minimum atomic E-state index is -0.586. The van der Waals surface area contributed by atoms with Crippen LogP contribution in [-0.4, -0.2) is 45.1 Å². The van der Waals surface area contributed by atoms with Gasteiger partial charge in [0.2, 0.25) is 5.91 Å². The molecule has 0 atom stereocenters. The van der Waals surface area contributed by atoms with Crippen LogP contribution in [0.2, 0.25) is 0 Å². The number of fused-ring (bicyclic) bond motifs is 1. The zero-order valence-corrected chi connectivity index (χ0v) is 19.6. The number of nitrogens with two attached hydrogens (primary N) is 1. The number of benzene rings is 2. The summed E-state index contributed by atoms with van der Waals surface area (Å²) in [5, 5.41) is 5.44. The summed E-state index contributed by atoms with van der Waals surface area (Å²) in [6.07, 6.45) is 3.56. The lowest BCUT2D eigenvalue weighted by atomic mass is 10.1. The number of aromatic nitrogens is 2. The van der Waals surface area contributed by atoms with Crippen LogP contribution in [0.1, 0.15) is 33.0 Å². The molecule has 5 rings (SSSR count). The maximum Gasteiger partial charge on any atom is 0.276 e. The smallest absolute Gasteiger partial charge is 0.276 e. The van der Waals surface area contributed by atoms with Gasteiger partial charge in [-0.05, 0) is 48.9 Å². The van der Waals surface area contributed by atoms with E-state index in [2.05, 4.69) is 10.3 Å².